The zero-order valence-electron chi connectivity index (χ0n) is 24.0. The fourth-order valence-electron chi connectivity index (χ4n) is 8.47. The predicted octanol–water partition coefficient (Wildman–Crippen LogP) is 10.5. The van der Waals surface area contributed by atoms with E-state index in [1.54, 1.807) is 11.1 Å². The van der Waals surface area contributed by atoms with Crippen molar-refractivity contribution >= 4 is 19.1 Å². The fraction of sp³-hybridized carbons (Fsp3) is 0.243. The summed E-state index contributed by atoms with van der Waals surface area (Å²) >= 11 is -4.84. The normalized spacial score (nSPS) is 20.5. The van der Waals surface area contributed by atoms with Crippen LogP contribution in [0, 0.1) is 0 Å². The molecule has 39 heavy (non-hydrogen) atoms. The summed E-state index contributed by atoms with van der Waals surface area (Å²) in [4.78, 5) is 0. The Morgan fingerprint density at radius 1 is 0.590 bits per heavy atom. The van der Waals surface area contributed by atoms with Crippen LogP contribution in [0.5, 0.6) is 0 Å². The van der Waals surface area contributed by atoms with Crippen molar-refractivity contribution in [3.8, 4) is 22.3 Å². The third kappa shape index (κ3) is 4.01. The van der Waals surface area contributed by atoms with Crippen LogP contribution < -0.4 is 0 Å². The van der Waals surface area contributed by atoms with Crippen molar-refractivity contribution in [2.75, 3.05) is 0 Å². The molecule has 0 aromatic heterocycles. The third-order valence-corrected chi connectivity index (χ3v) is 56.9. The molecule has 0 fully saturated rings. The van der Waals surface area contributed by atoms with Crippen molar-refractivity contribution in [1.29, 1.82) is 0 Å². The molecule has 0 nitrogen and oxygen atoms in total. The number of rotatable bonds is 7. The first-order valence-electron chi connectivity index (χ1n) is 14.8. The number of benzene rings is 4. The molecule has 0 heterocycles. The van der Waals surface area contributed by atoms with Crippen molar-refractivity contribution in [3.63, 3.8) is 0 Å². The van der Waals surface area contributed by atoms with Gasteiger partial charge in [-0.1, -0.05) is 0 Å². The monoisotopic (exact) mass is 694 g/mol. The Balaban J connectivity index is 1.58. The van der Waals surface area contributed by atoms with Crippen LogP contribution in [0.3, 0.4) is 0 Å². The summed E-state index contributed by atoms with van der Waals surface area (Å²) in [6.45, 7) is 4.85. The molecule has 4 aromatic rings. The van der Waals surface area contributed by atoms with Crippen molar-refractivity contribution in [1.82, 2.24) is 0 Å². The van der Waals surface area contributed by atoms with E-state index in [2.05, 4.69) is 149 Å². The average molecular weight is 693 g/mol. The fourth-order valence-corrected chi connectivity index (χ4v) is 48.0. The summed E-state index contributed by atoms with van der Waals surface area (Å²) in [7, 11) is 0. The van der Waals surface area contributed by atoms with E-state index in [-0.39, 0.29) is 0 Å². The van der Waals surface area contributed by atoms with E-state index < -0.39 is 14.2 Å². The molecule has 0 aliphatic heterocycles. The Kier molecular flexibility index (Phi) is 5.63. The summed E-state index contributed by atoms with van der Waals surface area (Å²) < 4.78 is 10.6. The topological polar surface area (TPSA) is 0 Å². The second-order valence-corrected chi connectivity index (χ2v) is 97.4. The number of unbranched alkanes of at least 4 members (excludes halogenated alkanes) is 1. The van der Waals surface area contributed by atoms with Gasteiger partial charge in [-0.2, -0.15) is 0 Å². The van der Waals surface area contributed by atoms with Gasteiger partial charge in [0.1, 0.15) is 0 Å². The van der Waals surface area contributed by atoms with Crippen molar-refractivity contribution in [2.45, 2.75) is 45.3 Å². The standard InChI is InChI=1S/2C15H11.C4H9.3CH3.Hf.H2Si/c2*1-2-6-12(7-3-1)14-10-4-8-13-9-5-11-15(13)14;1-3-4-2;;;;;/h2*1-11H;1,3-4H2,2H3;3*1H3;;1H2. The second kappa shape index (κ2) is 8.24. The first-order chi connectivity index (χ1) is 18.5. The molecule has 4 aromatic carbocycles. The molecule has 0 amide bonds. The zero-order chi connectivity index (χ0) is 27.4. The van der Waals surface area contributed by atoms with E-state index >= 15 is 0 Å². The number of allylic oxidation sites excluding steroid dienone is 2. The number of hydrogen-bond donors (Lipinski definition) is 0. The molecule has 0 radical (unpaired) electrons. The van der Waals surface area contributed by atoms with E-state index in [1.165, 1.54) is 50.4 Å². The van der Waals surface area contributed by atoms with Crippen LogP contribution in [0.1, 0.15) is 49.4 Å². The van der Waals surface area contributed by atoms with Gasteiger partial charge in [0.25, 0.3) is 0 Å². The first-order valence-corrected chi connectivity index (χ1v) is 40.6. The maximum atomic E-state index is 2.82. The Labute approximate surface area is 231 Å². The second-order valence-electron chi connectivity index (χ2n) is 15.7. The van der Waals surface area contributed by atoms with Crippen LogP contribution in [-0.4, -0.2) is 6.94 Å². The molecular weight excluding hydrogens is 651 g/mol. The van der Waals surface area contributed by atoms with Gasteiger partial charge >= 0.3 is 232 Å². The van der Waals surface area contributed by atoms with Crippen molar-refractivity contribution in [2.24, 2.45) is 0 Å². The van der Waals surface area contributed by atoms with Gasteiger partial charge in [0.2, 0.25) is 0 Å². The molecule has 2 unspecified atom stereocenters. The minimum absolute atomic E-state index is 0.443. The van der Waals surface area contributed by atoms with Crippen molar-refractivity contribution < 1.29 is 14.2 Å². The number of hydrogen-bond acceptors (Lipinski definition) is 0. The van der Waals surface area contributed by atoms with Gasteiger partial charge < -0.3 is 0 Å². The van der Waals surface area contributed by atoms with Gasteiger partial charge in [-0.3, -0.25) is 0 Å². The van der Waals surface area contributed by atoms with E-state index in [4.69, 9.17) is 0 Å². The molecule has 0 spiro atoms. The molecule has 6 rings (SSSR count). The van der Waals surface area contributed by atoms with Gasteiger partial charge in [0.15, 0.2) is 0 Å². The minimum atomic E-state index is -4.84. The Bertz CT molecular complexity index is 1650. The van der Waals surface area contributed by atoms with Crippen LogP contribution in [0.15, 0.2) is 109 Å². The summed E-state index contributed by atoms with van der Waals surface area (Å²) in [5.41, 5.74) is 11.3. The number of fused-ring (bicyclic) bond motifs is 2. The third-order valence-electron chi connectivity index (χ3n) is 10.9. The van der Waals surface area contributed by atoms with Gasteiger partial charge in [-0.05, 0) is 0 Å². The van der Waals surface area contributed by atoms with Gasteiger partial charge in [0.05, 0.1) is 0 Å². The summed E-state index contributed by atoms with van der Waals surface area (Å²) in [5.74, 6) is 0. The van der Waals surface area contributed by atoms with Crippen LogP contribution in [0.4, 0.5) is 0 Å². The van der Waals surface area contributed by atoms with Crippen LogP contribution in [0.2, 0.25) is 18.2 Å². The van der Waals surface area contributed by atoms with Gasteiger partial charge in [-0.15, -0.1) is 0 Å². The maximum absolute atomic E-state index is 4.84. The van der Waals surface area contributed by atoms with Gasteiger partial charge in [0, 0.05) is 0 Å². The van der Waals surface area contributed by atoms with E-state index in [0.717, 1.165) is 0 Å². The molecule has 2 atom stereocenters. The Hall–Kier alpha value is -2.55. The Morgan fingerprint density at radius 3 is 1.44 bits per heavy atom. The molecule has 2 aliphatic rings. The van der Waals surface area contributed by atoms with E-state index in [9.17, 15) is 0 Å². The van der Waals surface area contributed by atoms with E-state index in [0.29, 0.717) is 7.35 Å². The first kappa shape index (κ1) is 26.7. The summed E-state index contributed by atoms with van der Waals surface area (Å²) in [6, 6.07) is 36.0. The summed E-state index contributed by atoms with van der Waals surface area (Å²) in [6.07, 6.45) is 12.7. The molecule has 0 N–H and O–H groups in total. The van der Waals surface area contributed by atoms with E-state index in [1.807, 2.05) is 0 Å². The molecular formula is C37H42HfSi. The quantitative estimate of drug-likeness (QED) is 0.169. The predicted molar refractivity (Wildman–Crippen MR) is 173 cm³/mol. The molecule has 0 bridgehead atoms. The van der Waals surface area contributed by atoms with Crippen molar-refractivity contribution in [3.05, 3.63) is 131 Å². The van der Waals surface area contributed by atoms with Gasteiger partial charge in [-0.25, -0.2) is 0 Å². The summed E-state index contributed by atoms with van der Waals surface area (Å²) in [5, 5.41) is 0. The van der Waals surface area contributed by atoms with Crippen LogP contribution in [0.25, 0.3) is 34.4 Å². The molecule has 2 aliphatic carbocycles. The van der Waals surface area contributed by atoms with Crippen LogP contribution in [-0.2, 0) is 14.2 Å². The SMILES string of the molecule is CCC[CH2][Hf]([CH3])([CH3])([CH3])(=[SiH2])([CH]1C=Cc2c(-c3ccccc3)cccc21)[CH]1C=Cc2c(-c3ccccc3)cccc21. The average Bonchev–Trinajstić information content (AvgIpc) is 3.60. The molecule has 0 saturated heterocycles. The van der Waals surface area contributed by atoms with Crippen LogP contribution >= 0.6 is 0 Å². The zero-order valence-corrected chi connectivity index (χ0v) is 29.0. The molecule has 0 saturated carbocycles. The molecule has 2 heteroatoms. The molecule has 198 valence electrons. The Morgan fingerprint density at radius 2 is 1.03 bits per heavy atom.